The van der Waals surface area contributed by atoms with Gasteiger partial charge in [-0.25, -0.2) is 97.2 Å². The van der Waals surface area contributed by atoms with E-state index in [4.69, 9.17) is 4.74 Å². The van der Waals surface area contributed by atoms with Crippen molar-refractivity contribution in [2.75, 3.05) is 7.11 Å². The van der Waals surface area contributed by atoms with Gasteiger partial charge in [-0.3, -0.25) is 0 Å². The molecule has 0 spiro atoms. The third-order valence-corrected chi connectivity index (χ3v) is 9.26. The molecular weight excluding hydrogens is 893 g/mol. The topological polar surface area (TPSA) is 30.2 Å². The van der Waals surface area contributed by atoms with Crippen LogP contribution in [0.25, 0.3) is 0 Å². The number of nitrogens with zero attached hydrogens (tertiary/aromatic N) is 1. The highest BCUT2D eigenvalue weighted by Crippen LogP contribution is 2.30. The van der Waals surface area contributed by atoms with Gasteiger partial charge in [0.2, 0.25) is 0 Å². The molecule has 0 bridgehead atoms. The number of esters is 1. The SMILES string of the molecule is COC(=O)c1ccccc1C[n+]1ccccc1.Fc1c(F)c(F)c([B-](c2c(F)c(F)c(F)c(F)c2F)(c2c(F)c(F)c(F)c(F)c2F)c2c(F)c(F)c(F)c(F)c2F)c(F)c1F. The number of carbonyl (C=O) groups is 1. The first-order valence-electron chi connectivity index (χ1n) is 16.3. The largest absolute Gasteiger partial charge is 0.465 e. The van der Waals surface area contributed by atoms with Crippen LogP contribution in [0.4, 0.5) is 87.8 Å². The Kier molecular flexibility index (Phi) is 13.0. The lowest BCUT2D eigenvalue weighted by molar-refractivity contribution is -0.688. The van der Waals surface area contributed by atoms with E-state index in [1.807, 2.05) is 53.4 Å². The van der Waals surface area contributed by atoms with Crippen molar-refractivity contribution >= 4 is 34.0 Å². The molecule has 1 heterocycles. The smallest absolute Gasteiger partial charge is 0.338 e. The van der Waals surface area contributed by atoms with Crippen molar-refractivity contribution in [2.24, 2.45) is 0 Å². The molecule has 0 saturated carbocycles. The van der Waals surface area contributed by atoms with E-state index >= 15 is 35.1 Å². The second kappa shape index (κ2) is 17.4. The highest BCUT2D eigenvalue weighted by atomic mass is 19.2. The summed E-state index contributed by atoms with van der Waals surface area (Å²) in [6.07, 6.45) is -3.28. The number of hydrogen-bond acceptors (Lipinski definition) is 2. The van der Waals surface area contributed by atoms with Gasteiger partial charge in [0, 0.05) is 17.7 Å². The number of hydrogen-bond donors (Lipinski definition) is 0. The Balaban J connectivity index is 0.000000355. The fourth-order valence-corrected chi connectivity index (χ4v) is 6.58. The summed E-state index contributed by atoms with van der Waals surface area (Å²) in [6, 6.07) is 13.4. The van der Waals surface area contributed by atoms with Gasteiger partial charge in [-0.05, 0) is 6.07 Å². The molecule has 326 valence electrons. The van der Waals surface area contributed by atoms with E-state index in [1.165, 1.54) is 7.11 Å². The van der Waals surface area contributed by atoms with Crippen LogP contribution < -0.4 is 26.4 Å². The molecule has 0 radical (unpaired) electrons. The van der Waals surface area contributed by atoms with E-state index in [1.54, 1.807) is 6.07 Å². The van der Waals surface area contributed by atoms with E-state index in [0.717, 1.165) is 5.56 Å². The van der Waals surface area contributed by atoms with Gasteiger partial charge in [0.05, 0.1) is 12.7 Å². The lowest BCUT2D eigenvalue weighted by Gasteiger charge is -2.44. The van der Waals surface area contributed by atoms with E-state index < -0.39 is 144 Å². The van der Waals surface area contributed by atoms with Crippen LogP contribution >= 0.6 is 0 Å². The number of halogens is 20. The number of rotatable bonds is 7. The van der Waals surface area contributed by atoms with Gasteiger partial charge in [0.15, 0.2) is 88.7 Å². The molecule has 0 saturated heterocycles. The maximum atomic E-state index is 15.4. The average molecular weight is 907 g/mol. The maximum Gasteiger partial charge on any atom is 0.338 e. The Hall–Kier alpha value is -6.62. The van der Waals surface area contributed by atoms with Crippen LogP contribution in [0.2, 0.25) is 0 Å². The first-order chi connectivity index (χ1) is 29.0. The van der Waals surface area contributed by atoms with Crippen LogP contribution in [-0.2, 0) is 11.3 Å². The molecule has 0 unspecified atom stereocenters. The number of ether oxygens (including phenoxy) is 1. The molecule has 3 nitrogen and oxygen atoms in total. The van der Waals surface area contributed by atoms with Gasteiger partial charge in [0.25, 0.3) is 0 Å². The van der Waals surface area contributed by atoms with Crippen LogP contribution in [0, 0.1) is 116 Å². The zero-order valence-electron chi connectivity index (χ0n) is 29.8. The van der Waals surface area contributed by atoms with Crippen molar-refractivity contribution in [3.63, 3.8) is 0 Å². The summed E-state index contributed by atoms with van der Waals surface area (Å²) in [5, 5.41) is 0. The van der Waals surface area contributed by atoms with Crippen LogP contribution in [0.1, 0.15) is 15.9 Å². The molecule has 0 atom stereocenters. The third kappa shape index (κ3) is 7.23. The van der Waals surface area contributed by atoms with Crippen molar-refractivity contribution in [2.45, 2.75) is 6.54 Å². The Bertz CT molecular complexity index is 2410. The molecule has 0 N–H and O–H groups in total. The second-order valence-corrected chi connectivity index (χ2v) is 12.5. The first-order valence-corrected chi connectivity index (χ1v) is 16.3. The zero-order valence-corrected chi connectivity index (χ0v) is 29.8. The quantitative estimate of drug-likeness (QED) is 0.0412. The lowest BCUT2D eigenvalue weighted by atomic mass is 9.12. The second-order valence-electron chi connectivity index (χ2n) is 12.5. The van der Waals surface area contributed by atoms with E-state index in [9.17, 15) is 57.5 Å². The Morgan fingerprint density at radius 3 is 0.935 bits per heavy atom. The minimum atomic E-state index is -7.22. The summed E-state index contributed by atoms with van der Waals surface area (Å²) in [6.45, 7) is 0.659. The summed E-state index contributed by atoms with van der Waals surface area (Å²) in [5.41, 5.74) is -12.8. The molecule has 0 fully saturated rings. The Morgan fingerprint density at radius 1 is 0.403 bits per heavy atom. The van der Waals surface area contributed by atoms with Gasteiger partial charge in [-0.2, -0.15) is 0 Å². The monoisotopic (exact) mass is 907 g/mol. The highest BCUT2D eigenvalue weighted by Gasteiger charge is 2.52. The summed E-state index contributed by atoms with van der Waals surface area (Å²) in [7, 11) is 1.40. The number of carbonyl (C=O) groups excluding carboxylic acids is 1. The van der Waals surface area contributed by atoms with Gasteiger partial charge in [-0.1, -0.05) is 24.3 Å². The van der Waals surface area contributed by atoms with Gasteiger partial charge in [0.1, 0.15) is 52.7 Å². The summed E-state index contributed by atoms with van der Waals surface area (Å²) in [5.74, 6) is -71.7. The molecule has 6 rings (SSSR count). The fourth-order valence-electron chi connectivity index (χ4n) is 6.58. The van der Waals surface area contributed by atoms with Crippen molar-refractivity contribution < 1.29 is 102 Å². The predicted octanol–water partition coefficient (Wildman–Crippen LogP) is 7.66. The molecule has 0 amide bonds. The molecule has 24 heteroatoms. The summed E-state index contributed by atoms with van der Waals surface area (Å²) in [4.78, 5) is 11.6. The van der Waals surface area contributed by atoms with Crippen molar-refractivity contribution in [1.29, 1.82) is 0 Å². The highest BCUT2D eigenvalue weighted by molar-refractivity contribution is 7.20. The average Bonchev–Trinajstić information content (AvgIpc) is 3.26. The molecule has 62 heavy (non-hydrogen) atoms. The standard InChI is InChI=1S/C24BF20.C14H14NO2/c26-5-1(6(27)14(35)21(42)13(5)34)25(2-7(28)15(36)22(43)16(37)8(2)29,3-9(30)17(38)23(44)18(39)10(3)31)4-11(32)19(40)24(45)20(41)12(4)33;1-17-14(16)13-8-4-3-7-12(13)11-15-9-5-2-6-10-15/h;2-10H,11H2,1H3/q-1;+1. The van der Waals surface area contributed by atoms with Crippen LogP contribution in [-0.4, -0.2) is 19.2 Å². The summed E-state index contributed by atoms with van der Waals surface area (Å²) < 4.78 is 301. The van der Waals surface area contributed by atoms with Crippen molar-refractivity contribution in [3.05, 3.63) is 182 Å². The first kappa shape index (κ1) is 46.5. The van der Waals surface area contributed by atoms with E-state index in [2.05, 4.69) is 0 Å². The number of benzene rings is 5. The van der Waals surface area contributed by atoms with Gasteiger partial charge >= 0.3 is 5.97 Å². The molecule has 5 aromatic carbocycles. The number of methoxy groups -OCH3 is 1. The fraction of sp³-hybridized carbons (Fsp3) is 0.0526. The molecule has 6 aromatic rings. The van der Waals surface area contributed by atoms with E-state index in [-0.39, 0.29) is 5.97 Å². The van der Waals surface area contributed by atoms with Gasteiger partial charge < -0.3 is 4.74 Å². The third-order valence-electron chi connectivity index (χ3n) is 9.26. The van der Waals surface area contributed by atoms with E-state index in [0.29, 0.717) is 12.1 Å². The molecule has 0 aliphatic heterocycles. The van der Waals surface area contributed by atoms with Crippen LogP contribution in [0.5, 0.6) is 0 Å². The lowest BCUT2D eigenvalue weighted by Crippen LogP contribution is -2.81. The minimum Gasteiger partial charge on any atom is -0.465 e. The molecule has 0 aliphatic rings. The normalized spacial score (nSPS) is 11.4. The molecule has 0 aliphatic carbocycles. The predicted molar refractivity (Wildman–Crippen MR) is 173 cm³/mol. The van der Waals surface area contributed by atoms with Crippen molar-refractivity contribution in [1.82, 2.24) is 0 Å². The minimum absolute atomic E-state index is 0.294. The van der Waals surface area contributed by atoms with Crippen molar-refractivity contribution in [3.8, 4) is 0 Å². The van der Waals surface area contributed by atoms with Crippen LogP contribution in [0.3, 0.4) is 0 Å². The zero-order chi connectivity index (χ0) is 46.4. The molecular formula is C38H14BF20NO2. The Labute approximate surface area is 331 Å². The maximum absolute atomic E-state index is 15.4. The van der Waals surface area contributed by atoms with Gasteiger partial charge in [-0.15, -0.1) is 21.9 Å². The Morgan fingerprint density at radius 2 is 0.661 bits per heavy atom. The summed E-state index contributed by atoms with van der Waals surface area (Å²) >= 11 is 0. The number of aromatic nitrogens is 1. The molecule has 1 aromatic heterocycles. The van der Waals surface area contributed by atoms with Crippen LogP contribution in [0.15, 0.2) is 54.9 Å². The number of pyridine rings is 1.